The van der Waals surface area contributed by atoms with Crippen LogP contribution in [0.25, 0.3) is 0 Å². The summed E-state index contributed by atoms with van der Waals surface area (Å²) in [6.07, 6.45) is 11.7. The predicted molar refractivity (Wildman–Crippen MR) is 61.6 cm³/mol. The van der Waals surface area contributed by atoms with Gasteiger partial charge in [-0.2, -0.15) is 0 Å². The molecule has 2 radical (unpaired) electrons. The molecule has 0 atom stereocenters. The van der Waals surface area contributed by atoms with E-state index in [-0.39, 0.29) is 6.23 Å². The molecule has 0 saturated heterocycles. The van der Waals surface area contributed by atoms with Crippen LogP contribution >= 0.6 is 0 Å². The van der Waals surface area contributed by atoms with Crippen LogP contribution < -0.4 is 0 Å². The molecule has 0 aromatic heterocycles. The molecule has 2 nitrogen and oxygen atoms in total. The second-order valence-electron chi connectivity index (χ2n) is 4.97. The Morgan fingerprint density at radius 3 is 1.87 bits per heavy atom. The van der Waals surface area contributed by atoms with Gasteiger partial charge in [0.1, 0.15) is 0 Å². The first-order chi connectivity index (χ1) is 7.42. The molecular weight excluding hydrogens is 204 g/mol. The van der Waals surface area contributed by atoms with Gasteiger partial charge < -0.3 is 9.53 Å². The van der Waals surface area contributed by atoms with E-state index in [2.05, 4.69) is 0 Å². The van der Waals surface area contributed by atoms with Gasteiger partial charge >= 0.3 is 0 Å². The van der Waals surface area contributed by atoms with Gasteiger partial charge in [0.2, 0.25) is 0 Å². The van der Waals surface area contributed by atoms with Gasteiger partial charge in [-0.15, -0.1) is 0 Å². The summed E-state index contributed by atoms with van der Waals surface area (Å²) in [4.78, 5) is 0. The third-order valence-corrected chi connectivity index (χ3v) is 4.58. The molecule has 86 valence electrons. The van der Waals surface area contributed by atoms with Gasteiger partial charge in [-0.1, -0.05) is 25.7 Å². The van der Waals surface area contributed by atoms with E-state index in [0.29, 0.717) is 15.9 Å². The Morgan fingerprint density at radius 1 is 1.00 bits per heavy atom. The van der Waals surface area contributed by atoms with E-state index in [9.17, 15) is 0 Å². The van der Waals surface area contributed by atoms with Gasteiger partial charge in [-0.25, -0.2) is 0 Å². The number of hydrogen-bond donors (Lipinski definition) is 1. The smallest absolute Gasteiger partial charge is 0.258 e. The fraction of sp³-hybridized carbons (Fsp3) is 1.00. The molecule has 2 rings (SSSR count). The Bertz CT molecular complexity index is 158. The molecule has 0 unspecified atom stereocenters. The zero-order valence-electron chi connectivity index (χ0n) is 9.45. The van der Waals surface area contributed by atoms with Crippen LogP contribution in [0.1, 0.15) is 51.4 Å². The van der Waals surface area contributed by atoms with Crippen molar-refractivity contribution < 1.29 is 9.53 Å². The maximum absolute atomic E-state index is 8.89. The molecule has 0 amide bonds. The van der Waals surface area contributed by atoms with Crippen molar-refractivity contribution in [3.63, 3.8) is 0 Å². The molecule has 2 aliphatic carbocycles. The van der Waals surface area contributed by atoms with Gasteiger partial charge in [0.15, 0.2) is 0 Å². The highest BCUT2D eigenvalue weighted by atomic mass is 28.2. The van der Waals surface area contributed by atoms with Crippen LogP contribution in [0.15, 0.2) is 0 Å². The monoisotopic (exact) mass is 226 g/mol. The molecule has 3 heteroatoms. The zero-order chi connectivity index (χ0) is 10.5. The predicted octanol–water partition coefficient (Wildman–Crippen LogP) is 2.32. The summed E-state index contributed by atoms with van der Waals surface area (Å²) in [7, 11) is 0.304. The van der Waals surface area contributed by atoms with Crippen LogP contribution in [0.2, 0.25) is 0 Å². The molecule has 0 aromatic carbocycles. The SMILES string of the molecule is OC[Si]OC(C1CCCC1)C1CCCC1. The molecular formula is C12H22O2Si. The van der Waals surface area contributed by atoms with Gasteiger partial charge in [-0.05, 0) is 37.5 Å². The van der Waals surface area contributed by atoms with Crippen LogP contribution in [-0.2, 0) is 4.43 Å². The van der Waals surface area contributed by atoms with E-state index in [1.165, 1.54) is 51.4 Å². The van der Waals surface area contributed by atoms with Crippen LogP contribution in [0.5, 0.6) is 0 Å². The van der Waals surface area contributed by atoms with Crippen molar-refractivity contribution in [1.29, 1.82) is 0 Å². The number of aliphatic hydroxyl groups excluding tert-OH is 1. The van der Waals surface area contributed by atoms with E-state index in [4.69, 9.17) is 9.53 Å². The van der Waals surface area contributed by atoms with E-state index in [1.807, 2.05) is 0 Å². The molecule has 2 fully saturated rings. The van der Waals surface area contributed by atoms with Crippen molar-refractivity contribution in [2.24, 2.45) is 11.8 Å². The van der Waals surface area contributed by atoms with Crippen molar-refractivity contribution in [2.45, 2.75) is 57.5 Å². The van der Waals surface area contributed by atoms with Gasteiger partial charge in [0, 0.05) is 0 Å². The molecule has 2 saturated carbocycles. The molecule has 2 aliphatic rings. The largest absolute Gasteiger partial charge is 0.412 e. The number of rotatable bonds is 5. The molecule has 0 spiro atoms. The summed E-state index contributed by atoms with van der Waals surface area (Å²) in [5.74, 6) is 1.60. The molecule has 0 heterocycles. The fourth-order valence-corrected chi connectivity index (χ4v) is 3.93. The second-order valence-corrected chi connectivity index (χ2v) is 5.81. The first-order valence-corrected chi connectivity index (χ1v) is 7.52. The van der Waals surface area contributed by atoms with E-state index in [0.717, 1.165) is 11.8 Å². The van der Waals surface area contributed by atoms with Crippen molar-refractivity contribution in [1.82, 2.24) is 0 Å². The Hall–Kier alpha value is 0.137. The average Bonchev–Trinajstić information content (AvgIpc) is 2.90. The van der Waals surface area contributed by atoms with Crippen molar-refractivity contribution in [3.05, 3.63) is 0 Å². The van der Waals surface area contributed by atoms with Crippen molar-refractivity contribution in [2.75, 3.05) is 6.23 Å². The third kappa shape index (κ3) is 3.05. The van der Waals surface area contributed by atoms with Crippen LogP contribution in [0.3, 0.4) is 0 Å². The molecule has 0 aliphatic heterocycles. The lowest BCUT2D eigenvalue weighted by molar-refractivity contribution is 0.0786. The summed E-state index contributed by atoms with van der Waals surface area (Å²) >= 11 is 0. The first kappa shape index (κ1) is 11.6. The van der Waals surface area contributed by atoms with Crippen LogP contribution in [-0.4, -0.2) is 27.2 Å². The quantitative estimate of drug-likeness (QED) is 0.729. The summed E-state index contributed by atoms with van der Waals surface area (Å²) in [5.41, 5.74) is 0. The normalized spacial score (nSPS) is 24.4. The number of hydrogen-bond acceptors (Lipinski definition) is 2. The Morgan fingerprint density at radius 2 is 1.47 bits per heavy atom. The lowest BCUT2D eigenvalue weighted by Gasteiger charge is -2.29. The van der Waals surface area contributed by atoms with E-state index >= 15 is 0 Å². The average molecular weight is 226 g/mol. The summed E-state index contributed by atoms with van der Waals surface area (Å²) in [6, 6.07) is 0. The van der Waals surface area contributed by atoms with Crippen molar-refractivity contribution in [3.8, 4) is 0 Å². The lowest BCUT2D eigenvalue weighted by Crippen LogP contribution is -2.31. The minimum atomic E-state index is 0.204. The highest BCUT2D eigenvalue weighted by molar-refractivity contribution is 6.26. The number of aliphatic hydroxyl groups is 1. The summed E-state index contributed by atoms with van der Waals surface area (Å²) in [6.45, 7) is 0. The minimum absolute atomic E-state index is 0.204. The first-order valence-electron chi connectivity index (χ1n) is 6.41. The lowest BCUT2D eigenvalue weighted by atomic mass is 9.89. The molecule has 0 bridgehead atoms. The Kier molecular flexibility index (Phi) is 4.66. The van der Waals surface area contributed by atoms with E-state index < -0.39 is 0 Å². The van der Waals surface area contributed by atoms with Gasteiger partial charge in [0.05, 0.1) is 12.3 Å². The highest BCUT2D eigenvalue weighted by Gasteiger charge is 2.33. The van der Waals surface area contributed by atoms with Gasteiger partial charge in [-0.3, -0.25) is 0 Å². The summed E-state index contributed by atoms with van der Waals surface area (Å²) in [5, 5.41) is 8.89. The van der Waals surface area contributed by atoms with Crippen LogP contribution in [0, 0.1) is 11.8 Å². The molecule has 15 heavy (non-hydrogen) atoms. The highest BCUT2D eigenvalue weighted by Crippen LogP contribution is 2.38. The molecule has 1 N–H and O–H groups in total. The van der Waals surface area contributed by atoms with E-state index in [1.54, 1.807) is 0 Å². The topological polar surface area (TPSA) is 29.5 Å². The Balaban J connectivity index is 1.88. The Labute approximate surface area is 95.3 Å². The second kappa shape index (κ2) is 6.02. The maximum atomic E-state index is 8.89. The van der Waals surface area contributed by atoms with Gasteiger partial charge in [0.25, 0.3) is 9.76 Å². The maximum Gasteiger partial charge on any atom is 0.258 e. The standard InChI is InChI=1S/C12H22O2Si/c13-9-15-14-12(10-5-1-2-6-10)11-7-3-4-8-11/h10-13H,1-9H2. The minimum Gasteiger partial charge on any atom is -0.412 e. The summed E-state index contributed by atoms with van der Waals surface area (Å²) < 4.78 is 5.94. The fourth-order valence-electron chi connectivity index (χ4n) is 3.28. The third-order valence-electron chi connectivity index (χ3n) is 4.01. The molecule has 0 aromatic rings. The zero-order valence-corrected chi connectivity index (χ0v) is 10.5. The van der Waals surface area contributed by atoms with Crippen molar-refractivity contribution >= 4 is 9.76 Å². The van der Waals surface area contributed by atoms with Crippen LogP contribution in [0.4, 0.5) is 0 Å².